The van der Waals surface area contributed by atoms with E-state index in [1.807, 2.05) is 36.2 Å². The molecule has 0 bridgehead atoms. The van der Waals surface area contributed by atoms with Crippen LogP contribution in [0.3, 0.4) is 0 Å². The van der Waals surface area contributed by atoms with Gasteiger partial charge in [-0.15, -0.1) is 0 Å². The Hall–Kier alpha value is -1.59. The van der Waals surface area contributed by atoms with Crippen molar-refractivity contribution < 1.29 is 14.3 Å². The van der Waals surface area contributed by atoms with Gasteiger partial charge in [0.15, 0.2) is 0 Å². The molecule has 1 amide bonds. The van der Waals surface area contributed by atoms with Gasteiger partial charge in [-0.25, -0.2) is 0 Å². The topological polar surface area (TPSA) is 50.8 Å². The number of carbonyl (C=O) groups is 1. The Bertz CT molecular complexity index is 422. The summed E-state index contributed by atoms with van der Waals surface area (Å²) in [4.78, 5) is 13.4. The molecule has 1 aromatic carbocycles. The van der Waals surface area contributed by atoms with E-state index in [-0.39, 0.29) is 12.1 Å². The third-order valence-electron chi connectivity index (χ3n) is 2.89. The summed E-state index contributed by atoms with van der Waals surface area (Å²) >= 11 is 0. The normalized spacial score (nSPS) is 19.9. The zero-order valence-corrected chi connectivity index (χ0v) is 10.7. The molecule has 0 unspecified atom stereocenters. The van der Waals surface area contributed by atoms with Crippen molar-refractivity contribution >= 4 is 5.91 Å². The standard InChI is InChI=1S/C13H18N2O3/c1-15-9-12(16)14-13(15)10-5-3-4-6-11(10)18-8-7-17-2/h3-6,13H,7-9H2,1-2H3,(H,14,16)/t13-/m1/s1. The average molecular weight is 250 g/mol. The fourth-order valence-electron chi connectivity index (χ4n) is 2.01. The molecule has 1 aromatic rings. The van der Waals surface area contributed by atoms with Crippen LogP contribution in [0.25, 0.3) is 0 Å². The Kier molecular flexibility index (Phi) is 4.17. The maximum atomic E-state index is 11.4. The highest BCUT2D eigenvalue weighted by Gasteiger charge is 2.29. The molecular weight excluding hydrogens is 232 g/mol. The zero-order valence-electron chi connectivity index (χ0n) is 10.7. The lowest BCUT2D eigenvalue weighted by atomic mass is 10.1. The molecular formula is C13H18N2O3. The largest absolute Gasteiger partial charge is 0.491 e. The SMILES string of the molecule is COCCOc1ccccc1[C@@H]1NC(=O)CN1C. The van der Waals surface area contributed by atoms with E-state index in [4.69, 9.17) is 9.47 Å². The van der Waals surface area contributed by atoms with Crippen LogP contribution in [0.5, 0.6) is 5.75 Å². The number of hydrogen-bond donors (Lipinski definition) is 1. The third kappa shape index (κ3) is 2.80. The predicted molar refractivity (Wildman–Crippen MR) is 67.3 cm³/mol. The Balaban J connectivity index is 2.14. The zero-order chi connectivity index (χ0) is 13.0. The summed E-state index contributed by atoms with van der Waals surface area (Å²) in [6.07, 6.45) is -0.115. The summed E-state index contributed by atoms with van der Waals surface area (Å²) in [5.41, 5.74) is 0.974. The quantitative estimate of drug-likeness (QED) is 0.784. The number of para-hydroxylation sites is 1. The summed E-state index contributed by atoms with van der Waals surface area (Å²) < 4.78 is 10.6. The van der Waals surface area contributed by atoms with E-state index < -0.39 is 0 Å². The van der Waals surface area contributed by atoms with Gasteiger partial charge in [0.2, 0.25) is 5.91 Å². The van der Waals surface area contributed by atoms with Crippen LogP contribution >= 0.6 is 0 Å². The summed E-state index contributed by atoms with van der Waals surface area (Å²) in [6, 6.07) is 7.73. The molecule has 5 nitrogen and oxygen atoms in total. The molecule has 1 heterocycles. The number of ether oxygens (including phenoxy) is 2. The minimum Gasteiger partial charge on any atom is -0.491 e. The van der Waals surface area contributed by atoms with E-state index in [0.29, 0.717) is 19.8 Å². The first-order valence-corrected chi connectivity index (χ1v) is 5.92. The van der Waals surface area contributed by atoms with Gasteiger partial charge in [-0.2, -0.15) is 0 Å². The lowest BCUT2D eigenvalue weighted by Gasteiger charge is -2.21. The molecule has 1 aliphatic rings. The molecule has 0 radical (unpaired) electrons. The van der Waals surface area contributed by atoms with Crippen molar-refractivity contribution in [3.8, 4) is 5.75 Å². The lowest BCUT2D eigenvalue weighted by molar-refractivity contribution is -0.118. The smallest absolute Gasteiger partial charge is 0.235 e. The second-order valence-corrected chi connectivity index (χ2v) is 4.26. The first-order valence-electron chi connectivity index (χ1n) is 5.92. The Morgan fingerprint density at radius 3 is 2.83 bits per heavy atom. The number of rotatable bonds is 5. The van der Waals surface area contributed by atoms with Gasteiger partial charge < -0.3 is 14.8 Å². The molecule has 1 saturated heterocycles. The van der Waals surface area contributed by atoms with Crippen LogP contribution in [0, 0.1) is 0 Å². The molecule has 0 aromatic heterocycles. The number of hydrogen-bond acceptors (Lipinski definition) is 4. The molecule has 1 atom stereocenters. The second kappa shape index (κ2) is 5.84. The molecule has 18 heavy (non-hydrogen) atoms. The first kappa shape index (κ1) is 12.9. The van der Waals surface area contributed by atoms with Gasteiger partial charge in [0.1, 0.15) is 18.5 Å². The molecule has 0 aliphatic carbocycles. The fraction of sp³-hybridized carbons (Fsp3) is 0.462. The van der Waals surface area contributed by atoms with Crippen molar-refractivity contribution in [2.75, 3.05) is 33.9 Å². The van der Waals surface area contributed by atoms with Crippen LogP contribution in [-0.2, 0) is 9.53 Å². The number of amides is 1. The lowest BCUT2D eigenvalue weighted by Crippen LogP contribution is -2.25. The van der Waals surface area contributed by atoms with Crippen molar-refractivity contribution in [3.63, 3.8) is 0 Å². The van der Waals surface area contributed by atoms with Gasteiger partial charge >= 0.3 is 0 Å². The van der Waals surface area contributed by atoms with E-state index >= 15 is 0 Å². The van der Waals surface area contributed by atoms with Crippen molar-refractivity contribution in [2.24, 2.45) is 0 Å². The highest BCUT2D eigenvalue weighted by molar-refractivity contribution is 5.80. The minimum atomic E-state index is -0.115. The van der Waals surface area contributed by atoms with Crippen molar-refractivity contribution in [2.45, 2.75) is 6.17 Å². The monoisotopic (exact) mass is 250 g/mol. The van der Waals surface area contributed by atoms with E-state index in [2.05, 4.69) is 5.32 Å². The Morgan fingerprint density at radius 1 is 1.39 bits per heavy atom. The fourth-order valence-corrected chi connectivity index (χ4v) is 2.01. The molecule has 0 saturated carbocycles. The van der Waals surface area contributed by atoms with Gasteiger partial charge in [0.05, 0.1) is 13.2 Å². The second-order valence-electron chi connectivity index (χ2n) is 4.26. The number of methoxy groups -OCH3 is 1. The number of likely N-dealkylation sites (N-methyl/N-ethyl adjacent to an activating group) is 1. The van der Waals surface area contributed by atoms with Gasteiger partial charge in [-0.3, -0.25) is 9.69 Å². The molecule has 5 heteroatoms. The first-order chi connectivity index (χ1) is 8.72. The van der Waals surface area contributed by atoms with Gasteiger partial charge in [0, 0.05) is 12.7 Å². The molecule has 98 valence electrons. The van der Waals surface area contributed by atoms with Crippen LogP contribution in [0.4, 0.5) is 0 Å². The number of nitrogens with zero attached hydrogens (tertiary/aromatic N) is 1. The maximum absolute atomic E-state index is 11.4. The summed E-state index contributed by atoms with van der Waals surface area (Å²) in [7, 11) is 3.55. The maximum Gasteiger partial charge on any atom is 0.235 e. The number of benzene rings is 1. The highest BCUT2D eigenvalue weighted by Crippen LogP contribution is 2.28. The van der Waals surface area contributed by atoms with E-state index in [1.54, 1.807) is 7.11 Å². The van der Waals surface area contributed by atoms with E-state index in [0.717, 1.165) is 11.3 Å². The molecule has 1 fully saturated rings. The summed E-state index contributed by atoms with van der Waals surface area (Å²) in [5, 5.41) is 2.93. The van der Waals surface area contributed by atoms with Gasteiger partial charge in [-0.1, -0.05) is 18.2 Å². The Morgan fingerprint density at radius 2 is 2.17 bits per heavy atom. The van der Waals surface area contributed by atoms with Gasteiger partial charge in [0.25, 0.3) is 0 Å². The van der Waals surface area contributed by atoms with Crippen LogP contribution in [-0.4, -0.2) is 44.7 Å². The summed E-state index contributed by atoms with van der Waals surface area (Å²) in [5.74, 6) is 0.822. The molecule has 1 aliphatic heterocycles. The van der Waals surface area contributed by atoms with Crippen molar-refractivity contribution in [1.82, 2.24) is 10.2 Å². The van der Waals surface area contributed by atoms with Crippen LogP contribution < -0.4 is 10.1 Å². The summed E-state index contributed by atoms with van der Waals surface area (Å²) in [6.45, 7) is 1.45. The van der Waals surface area contributed by atoms with E-state index in [1.165, 1.54) is 0 Å². The predicted octanol–water partition coefficient (Wildman–Crippen LogP) is 0.772. The molecule has 0 spiro atoms. The molecule has 2 rings (SSSR count). The van der Waals surface area contributed by atoms with Gasteiger partial charge in [-0.05, 0) is 13.1 Å². The van der Waals surface area contributed by atoms with Crippen LogP contribution in [0.2, 0.25) is 0 Å². The minimum absolute atomic E-state index is 0.0363. The van der Waals surface area contributed by atoms with Crippen molar-refractivity contribution in [1.29, 1.82) is 0 Å². The number of carbonyl (C=O) groups excluding carboxylic acids is 1. The third-order valence-corrected chi connectivity index (χ3v) is 2.89. The van der Waals surface area contributed by atoms with Crippen LogP contribution in [0.15, 0.2) is 24.3 Å². The average Bonchev–Trinajstić information content (AvgIpc) is 2.69. The Labute approximate surface area is 107 Å². The number of nitrogens with one attached hydrogen (secondary N) is 1. The van der Waals surface area contributed by atoms with Crippen molar-refractivity contribution in [3.05, 3.63) is 29.8 Å². The molecule has 1 N–H and O–H groups in total. The van der Waals surface area contributed by atoms with Crippen LogP contribution in [0.1, 0.15) is 11.7 Å². The highest BCUT2D eigenvalue weighted by atomic mass is 16.5. The van der Waals surface area contributed by atoms with E-state index in [9.17, 15) is 4.79 Å².